The van der Waals surface area contributed by atoms with Crippen molar-refractivity contribution in [2.75, 3.05) is 7.11 Å². The van der Waals surface area contributed by atoms with Crippen LogP contribution in [0, 0.1) is 5.92 Å². The van der Waals surface area contributed by atoms with E-state index in [1.54, 1.807) is 7.11 Å². The van der Waals surface area contributed by atoms with Crippen LogP contribution in [0.4, 0.5) is 0 Å². The maximum absolute atomic E-state index is 5.65. The molecule has 1 aromatic carbocycles. The second kappa shape index (κ2) is 7.48. The molecular formula is C16H18N4O3S. The van der Waals surface area contributed by atoms with E-state index in [0.717, 1.165) is 17.7 Å². The summed E-state index contributed by atoms with van der Waals surface area (Å²) in [6, 6.07) is 7.44. The van der Waals surface area contributed by atoms with Gasteiger partial charge in [-0.15, -0.1) is 10.2 Å². The van der Waals surface area contributed by atoms with Gasteiger partial charge in [0, 0.05) is 12.0 Å². The van der Waals surface area contributed by atoms with Crippen LogP contribution in [0.25, 0.3) is 11.5 Å². The predicted molar refractivity (Wildman–Crippen MR) is 88.7 cm³/mol. The van der Waals surface area contributed by atoms with Gasteiger partial charge < -0.3 is 13.7 Å². The Kier molecular flexibility index (Phi) is 5.14. The van der Waals surface area contributed by atoms with Gasteiger partial charge in [0.25, 0.3) is 5.22 Å². The van der Waals surface area contributed by atoms with E-state index in [1.165, 1.54) is 11.8 Å². The monoisotopic (exact) mass is 346 g/mol. The minimum atomic E-state index is 0.466. The first-order chi connectivity index (χ1) is 11.6. The quantitative estimate of drug-likeness (QED) is 0.600. The average Bonchev–Trinajstić information content (AvgIpc) is 3.22. The first-order valence-electron chi connectivity index (χ1n) is 7.56. The van der Waals surface area contributed by atoms with Crippen LogP contribution in [-0.2, 0) is 12.2 Å². The molecule has 126 valence electrons. The van der Waals surface area contributed by atoms with E-state index < -0.39 is 0 Å². The Morgan fingerprint density at radius 2 is 1.96 bits per heavy atom. The Balaban J connectivity index is 1.60. The van der Waals surface area contributed by atoms with E-state index in [2.05, 4.69) is 34.2 Å². The van der Waals surface area contributed by atoms with Gasteiger partial charge in [-0.1, -0.05) is 30.8 Å². The number of aromatic nitrogens is 4. The summed E-state index contributed by atoms with van der Waals surface area (Å²) >= 11 is 1.38. The summed E-state index contributed by atoms with van der Waals surface area (Å²) in [6.45, 7) is 4.22. The molecule has 0 saturated carbocycles. The summed E-state index contributed by atoms with van der Waals surface area (Å²) in [5, 5.41) is 12.5. The van der Waals surface area contributed by atoms with E-state index in [-0.39, 0.29) is 0 Å². The fourth-order valence-corrected chi connectivity index (χ4v) is 2.63. The van der Waals surface area contributed by atoms with Crippen molar-refractivity contribution in [3.8, 4) is 17.2 Å². The molecule has 0 fully saturated rings. The summed E-state index contributed by atoms with van der Waals surface area (Å²) in [6.07, 6.45) is 0.778. The Hall–Kier alpha value is -2.35. The number of nitrogens with zero attached hydrogens (tertiary/aromatic N) is 4. The molecule has 0 N–H and O–H groups in total. The van der Waals surface area contributed by atoms with Gasteiger partial charge in [-0.25, -0.2) is 0 Å². The van der Waals surface area contributed by atoms with E-state index in [0.29, 0.717) is 34.5 Å². The lowest BCUT2D eigenvalue weighted by Gasteiger charge is -1.99. The maximum Gasteiger partial charge on any atom is 0.277 e. The molecule has 3 rings (SSSR count). The number of hydrogen-bond donors (Lipinski definition) is 0. The SMILES string of the molecule is COc1ccc(-c2nnc(SCc3noc(CC(C)C)n3)o2)cc1. The van der Waals surface area contributed by atoms with Crippen molar-refractivity contribution in [2.24, 2.45) is 5.92 Å². The third-order valence-corrected chi connectivity index (χ3v) is 3.98. The zero-order valence-corrected chi connectivity index (χ0v) is 14.5. The van der Waals surface area contributed by atoms with Crippen molar-refractivity contribution >= 4 is 11.8 Å². The zero-order valence-electron chi connectivity index (χ0n) is 13.7. The molecule has 0 aliphatic carbocycles. The molecular weight excluding hydrogens is 328 g/mol. The third kappa shape index (κ3) is 4.14. The first kappa shape index (κ1) is 16.5. The lowest BCUT2D eigenvalue weighted by molar-refractivity contribution is 0.360. The highest BCUT2D eigenvalue weighted by Gasteiger charge is 2.12. The lowest BCUT2D eigenvalue weighted by Crippen LogP contribution is -1.94. The topological polar surface area (TPSA) is 87.1 Å². The molecule has 3 aromatic rings. The number of benzene rings is 1. The van der Waals surface area contributed by atoms with Crippen molar-refractivity contribution in [1.29, 1.82) is 0 Å². The molecule has 24 heavy (non-hydrogen) atoms. The van der Waals surface area contributed by atoms with E-state index in [1.807, 2.05) is 24.3 Å². The van der Waals surface area contributed by atoms with Gasteiger partial charge in [0.05, 0.1) is 12.9 Å². The first-order valence-corrected chi connectivity index (χ1v) is 8.55. The van der Waals surface area contributed by atoms with Gasteiger partial charge in [0.15, 0.2) is 5.82 Å². The standard InChI is InChI=1S/C16H18N4O3S/c1-10(2)8-14-17-13(20-23-14)9-24-16-19-18-15(22-16)11-4-6-12(21-3)7-5-11/h4-7,10H,8-9H2,1-3H3. The van der Waals surface area contributed by atoms with Crippen LogP contribution >= 0.6 is 11.8 Å². The van der Waals surface area contributed by atoms with Gasteiger partial charge in [-0.3, -0.25) is 0 Å². The largest absolute Gasteiger partial charge is 0.497 e. The van der Waals surface area contributed by atoms with Crippen molar-refractivity contribution in [2.45, 2.75) is 31.2 Å². The zero-order chi connectivity index (χ0) is 16.9. The number of hydrogen-bond acceptors (Lipinski definition) is 8. The molecule has 8 heteroatoms. The Morgan fingerprint density at radius 3 is 2.67 bits per heavy atom. The van der Waals surface area contributed by atoms with Gasteiger partial charge >= 0.3 is 0 Å². The molecule has 0 bridgehead atoms. The molecule has 0 unspecified atom stereocenters. The molecule has 0 spiro atoms. The van der Waals surface area contributed by atoms with Gasteiger partial charge in [-0.05, 0) is 30.2 Å². The second-order valence-corrected chi connectivity index (χ2v) is 6.52. The van der Waals surface area contributed by atoms with Crippen molar-refractivity contribution in [3.05, 3.63) is 36.0 Å². The molecule has 0 amide bonds. The van der Waals surface area contributed by atoms with Crippen LogP contribution in [0.3, 0.4) is 0 Å². The molecule has 7 nitrogen and oxygen atoms in total. The maximum atomic E-state index is 5.65. The van der Waals surface area contributed by atoms with Crippen molar-refractivity contribution in [3.63, 3.8) is 0 Å². The molecule has 2 aromatic heterocycles. The summed E-state index contributed by atoms with van der Waals surface area (Å²) < 4.78 is 16.0. The van der Waals surface area contributed by atoms with Gasteiger partial charge in [-0.2, -0.15) is 4.98 Å². The van der Waals surface area contributed by atoms with E-state index >= 15 is 0 Å². The summed E-state index contributed by atoms with van der Waals surface area (Å²) in [4.78, 5) is 4.35. The minimum Gasteiger partial charge on any atom is -0.497 e. The van der Waals surface area contributed by atoms with Crippen LogP contribution in [0.2, 0.25) is 0 Å². The molecule has 0 saturated heterocycles. The van der Waals surface area contributed by atoms with Crippen LogP contribution < -0.4 is 4.74 Å². The Morgan fingerprint density at radius 1 is 1.17 bits per heavy atom. The Bertz CT molecular complexity index is 783. The number of methoxy groups -OCH3 is 1. The third-order valence-electron chi connectivity index (χ3n) is 3.16. The molecule has 0 aliphatic rings. The highest BCUT2D eigenvalue weighted by molar-refractivity contribution is 7.98. The van der Waals surface area contributed by atoms with E-state index in [4.69, 9.17) is 13.7 Å². The van der Waals surface area contributed by atoms with Gasteiger partial charge in [0.1, 0.15) is 5.75 Å². The van der Waals surface area contributed by atoms with Crippen LogP contribution in [0.1, 0.15) is 25.6 Å². The smallest absolute Gasteiger partial charge is 0.277 e. The number of rotatable bonds is 7. The van der Waals surface area contributed by atoms with Crippen LogP contribution in [0.5, 0.6) is 5.75 Å². The lowest BCUT2D eigenvalue weighted by atomic mass is 10.1. The number of thioether (sulfide) groups is 1. The predicted octanol–water partition coefficient (Wildman–Crippen LogP) is 3.62. The fraction of sp³-hybridized carbons (Fsp3) is 0.375. The van der Waals surface area contributed by atoms with Crippen LogP contribution in [0.15, 0.2) is 38.4 Å². The van der Waals surface area contributed by atoms with E-state index in [9.17, 15) is 0 Å². The molecule has 0 atom stereocenters. The highest BCUT2D eigenvalue weighted by atomic mass is 32.2. The van der Waals surface area contributed by atoms with Gasteiger partial charge in [0.2, 0.25) is 11.8 Å². The van der Waals surface area contributed by atoms with Crippen molar-refractivity contribution < 1.29 is 13.7 Å². The summed E-state index contributed by atoms with van der Waals surface area (Å²) in [5.41, 5.74) is 0.842. The second-order valence-electron chi connectivity index (χ2n) is 5.59. The molecule has 0 radical (unpaired) electrons. The number of ether oxygens (including phenoxy) is 1. The summed E-state index contributed by atoms with van der Waals surface area (Å²) in [5.74, 6) is 3.53. The summed E-state index contributed by atoms with van der Waals surface area (Å²) in [7, 11) is 1.63. The normalized spacial score (nSPS) is 11.2. The molecule has 0 aliphatic heterocycles. The minimum absolute atomic E-state index is 0.466. The van der Waals surface area contributed by atoms with Crippen molar-refractivity contribution in [1.82, 2.24) is 20.3 Å². The van der Waals surface area contributed by atoms with Crippen LogP contribution in [-0.4, -0.2) is 27.4 Å². The molecule has 2 heterocycles. The average molecular weight is 346 g/mol. The Labute approximate surface area is 143 Å². The highest BCUT2D eigenvalue weighted by Crippen LogP contribution is 2.26. The fourth-order valence-electron chi connectivity index (χ4n) is 2.03.